The van der Waals surface area contributed by atoms with Gasteiger partial charge in [-0.2, -0.15) is 0 Å². The van der Waals surface area contributed by atoms with Crippen molar-refractivity contribution >= 4 is 11.6 Å². The number of nitrogens with two attached hydrogens (primary N) is 1. The lowest BCUT2D eigenvalue weighted by atomic mass is 9.72. The molecule has 0 bridgehead atoms. The highest BCUT2D eigenvalue weighted by atomic mass is 35.5. The maximum absolute atomic E-state index is 6.50. The highest BCUT2D eigenvalue weighted by Gasteiger charge is 2.30. The molecule has 1 fully saturated rings. The average Bonchev–Trinajstić information content (AvgIpc) is 2.36. The van der Waals surface area contributed by atoms with Crippen LogP contribution in [-0.2, 0) is 0 Å². The summed E-state index contributed by atoms with van der Waals surface area (Å²) in [6.07, 6.45) is 3.73. The summed E-state index contributed by atoms with van der Waals surface area (Å²) in [7, 11) is 1.67. The minimum Gasteiger partial charge on any atom is -0.496 e. The summed E-state index contributed by atoms with van der Waals surface area (Å²) in [5, 5.41) is 0.693. The van der Waals surface area contributed by atoms with E-state index in [0.717, 1.165) is 23.1 Å². The Kier molecular flexibility index (Phi) is 4.75. The fourth-order valence-electron chi connectivity index (χ4n) is 3.52. The van der Waals surface area contributed by atoms with Gasteiger partial charge >= 0.3 is 0 Å². The third-order valence-corrected chi connectivity index (χ3v) is 4.51. The predicted octanol–water partition coefficient (Wildman–Crippen LogP) is 4.42. The van der Waals surface area contributed by atoms with E-state index in [1.807, 2.05) is 18.2 Å². The van der Waals surface area contributed by atoms with E-state index in [1.165, 1.54) is 19.3 Å². The van der Waals surface area contributed by atoms with Gasteiger partial charge in [0.05, 0.1) is 7.11 Å². The van der Waals surface area contributed by atoms with Crippen LogP contribution in [0.4, 0.5) is 0 Å². The van der Waals surface area contributed by atoms with Gasteiger partial charge < -0.3 is 10.5 Å². The van der Waals surface area contributed by atoms with Crippen molar-refractivity contribution in [2.75, 3.05) is 7.11 Å². The van der Waals surface area contributed by atoms with Crippen LogP contribution in [0.3, 0.4) is 0 Å². The zero-order valence-electron chi connectivity index (χ0n) is 12.0. The number of halogens is 1. The summed E-state index contributed by atoms with van der Waals surface area (Å²) in [5.41, 5.74) is 7.58. The second-order valence-corrected chi connectivity index (χ2v) is 6.53. The first-order chi connectivity index (χ1) is 9.01. The summed E-state index contributed by atoms with van der Waals surface area (Å²) in [4.78, 5) is 0. The van der Waals surface area contributed by atoms with Crippen LogP contribution < -0.4 is 10.5 Å². The lowest BCUT2D eigenvalue weighted by Crippen LogP contribution is -2.29. The van der Waals surface area contributed by atoms with Crippen molar-refractivity contribution in [3.8, 4) is 5.75 Å². The molecule has 1 saturated carbocycles. The molecule has 0 aromatic heterocycles. The molecule has 0 heterocycles. The zero-order valence-corrected chi connectivity index (χ0v) is 12.8. The number of benzene rings is 1. The normalized spacial score (nSPS) is 29.0. The first-order valence-electron chi connectivity index (χ1n) is 7.10. The van der Waals surface area contributed by atoms with E-state index in [1.54, 1.807) is 7.11 Å². The Hall–Kier alpha value is -0.730. The molecule has 3 atom stereocenters. The molecule has 1 aliphatic carbocycles. The quantitative estimate of drug-likeness (QED) is 0.890. The van der Waals surface area contributed by atoms with Gasteiger partial charge in [0.25, 0.3) is 0 Å². The molecule has 106 valence electrons. The van der Waals surface area contributed by atoms with Crippen LogP contribution in [0, 0.1) is 17.8 Å². The number of hydrogen-bond acceptors (Lipinski definition) is 2. The van der Waals surface area contributed by atoms with E-state index in [9.17, 15) is 0 Å². The summed E-state index contributed by atoms with van der Waals surface area (Å²) in [6, 6.07) is 5.80. The molecule has 3 unspecified atom stereocenters. The number of ether oxygens (including phenoxy) is 1. The van der Waals surface area contributed by atoms with Gasteiger partial charge in [0.2, 0.25) is 0 Å². The molecule has 2 rings (SSSR count). The highest BCUT2D eigenvalue weighted by molar-refractivity contribution is 6.30. The third-order valence-electron chi connectivity index (χ3n) is 4.28. The fraction of sp³-hybridized carbons (Fsp3) is 0.625. The molecule has 0 radical (unpaired) electrons. The second kappa shape index (κ2) is 6.15. The van der Waals surface area contributed by atoms with Gasteiger partial charge in [0.15, 0.2) is 0 Å². The van der Waals surface area contributed by atoms with Crippen molar-refractivity contribution in [1.82, 2.24) is 0 Å². The van der Waals surface area contributed by atoms with Gasteiger partial charge in [0, 0.05) is 16.6 Å². The number of hydrogen-bond donors (Lipinski definition) is 1. The molecule has 0 amide bonds. The minimum absolute atomic E-state index is 0.0393. The van der Waals surface area contributed by atoms with Crippen LogP contribution in [0.1, 0.15) is 44.7 Å². The third kappa shape index (κ3) is 3.43. The largest absolute Gasteiger partial charge is 0.496 e. The van der Waals surface area contributed by atoms with Gasteiger partial charge in [-0.3, -0.25) is 0 Å². The zero-order chi connectivity index (χ0) is 14.0. The lowest BCUT2D eigenvalue weighted by Gasteiger charge is -2.35. The van der Waals surface area contributed by atoms with E-state index < -0.39 is 0 Å². The molecule has 1 aromatic carbocycles. The molecule has 0 spiro atoms. The molecule has 2 nitrogen and oxygen atoms in total. The van der Waals surface area contributed by atoms with E-state index in [0.29, 0.717) is 10.9 Å². The van der Waals surface area contributed by atoms with Crippen LogP contribution in [0.15, 0.2) is 18.2 Å². The van der Waals surface area contributed by atoms with Gasteiger partial charge in [-0.15, -0.1) is 0 Å². The van der Waals surface area contributed by atoms with Crippen molar-refractivity contribution in [1.29, 1.82) is 0 Å². The molecule has 3 heteroatoms. The van der Waals surface area contributed by atoms with Crippen LogP contribution in [-0.4, -0.2) is 7.11 Å². The Morgan fingerprint density at radius 3 is 2.42 bits per heavy atom. The van der Waals surface area contributed by atoms with Gasteiger partial charge in [0.1, 0.15) is 5.75 Å². The van der Waals surface area contributed by atoms with Gasteiger partial charge in [-0.1, -0.05) is 31.5 Å². The molecule has 19 heavy (non-hydrogen) atoms. The first-order valence-corrected chi connectivity index (χ1v) is 7.48. The molecule has 0 aliphatic heterocycles. The molecule has 2 N–H and O–H groups in total. The van der Waals surface area contributed by atoms with E-state index in [2.05, 4.69) is 13.8 Å². The number of rotatable bonds is 3. The smallest absolute Gasteiger partial charge is 0.125 e. The summed E-state index contributed by atoms with van der Waals surface area (Å²) >= 11 is 6.01. The Morgan fingerprint density at radius 1 is 1.21 bits per heavy atom. The summed E-state index contributed by atoms with van der Waals surface area (Å²) in [5.74, 6) is 2.87. The topological polar surface area (TPSA) is 35.2 Å². The van der Waals surface area contributed by atoms with Gasteiger partial charge in [-0.05, 0) is 49.1 Å². The second-order valence-electron chi connectivity index (χ2n) is 6.09. The monoisotopic (exact) mass is 281 g/mol. The predicted molar refractivity (Wildman–Crippen MR) is 80.6 cm³/mol. The van der Waals surface area contributed by atoms with Crippen LogP contribution in [0.2, 0.25) is 5.02 Å². The summed E-state index contributed by atoms with van der Waals surface area (Å²) in [6.45, 7) is 4.66. The SMILES string of the molecule is COc1cc(Cl)ccc1C(N)C1CC(C)CC(C)C1. The summed E-state index contributed by atoms with van der Waals surface area (Å²) < 4.78 is 5.43. The van der Waals surface area contributed by atoms with Crippen LogP contribution >= 0.6 is 11.6 Å². The molecular weight excluding hydrogens is 258 g/mol. The average molecular weight is 282 g/mol. The van der Waals surface area contributed by atoms with Crippen LogP contribution in [0.5, 0.6) is 5.75 Å². The van der Waals surface area contributed by atoms with Crippen molar-refractivity contribution in [2.45, 2.75) is 39.2 Å². The minimum atomic E-state index is 0.0393. The highest BCUT2D eigenvalue weighted by Crippen LogP contribution is 2.41. The van der Waals surface area contributed by atoms with E-state index in [4.69, 9.17) is 22.1 Å². The fourth-order valence-corrected chi connectivity index (χ4v) is 3.68. The van der Waals surface area contributed by atoms with Crippen molar-refractivity contribution in [2.24, 2.45) is 23.5 Å². The van der Waals surface area contributed by atoms with Gasteiger partial charge in [-0.25, -0.2) is 0 Å². The van der Waals surface area contributed by atoms with Crippen molar-refractivity contribution in [3.05, 3.63) is 28.8 Å². The van der Waals surface area contributed by atoms with Crippen molar-refractivity contribution < 1.29 is 4.74 Å². The Balaban J connectivity index is 2.21. The molecule has 0 saturated heterocycles. The maximum atomic E-state index is 6.50. The molecule has 1 aromatic rings. The maximum Gasteiger partial charge on any atom is 0.125 e. The standard InChI is InChI=1S/C16H24ClNO/c1-10-6-11(2)8-12(7-10)16(18)14-5-4-13(17)9-15(14)19-3/h4-5,9-12,16H,6-8,18H2,1-3H3. The molecule has 1 aliphatic rings. The Bertz CT molecular complexity index is 425. The van der Waals surface area contributed by atoms with E-state index >= 15 is 0 Å². The number of methoxy groups -OCH3 is 1. The van der Waals surface area contributed by atoms with Crippen LogP contribution in [0.25, 0.3) is 0 Å². The Labute approximate surface area is 121 Å². The molecular formula is C16H24ClNO. The van der Waals surface area contributed by atoms with Crippen molar-refractivity contribution in [3.63, 3.8) is 0 Å². The van der Waals surface area contributed by atoms with E-state index in [-0.39, 0.29) is 6.04 Å². The lowest BCUT2D eigenvalue weighted by molar-refractivity contribution is 0.192. The first kappa shape index (κ1) is 14.7. The Morgan fingerprint density at radius 2 is 1.84 bits per heavy atom.